The van der Waals surface area contributed by atoms with Crippen molar-refractivity contribution in [3.05, 3.63) is 29.6 Å². The second-order valence-electron chi connectivity index (χ2n) is 5.21. The Bertz CT molecular complexity index is 633. The van der Waals surface area contributed by atoms with Crippen molar-refractivity contribution in [2.45, 2.75) is 38.1 Å². The molecule has 1 aliphatic carbocycles. The third-order valence-corrected chi connectivity index (χ3v) is 4.25. The van der Waals surface area contributed by atoms with E-state index in [1.54, 1.807) is 0 Å². The van der Waals surface area contributed by atoms with E-state index in [1.165, 1.54) is 25.7 Å². The van der Waals surface area contributed by atoms with Gasteiger partial charge in [0, 0.05) is 6.54 Å². The van der Waals surface area contributed by atoms with E-state index in [4.69, 9.17) is 16.9 Å². The van der Waals surface area contributed by atoms with Crippen LogP contribution >= 0.6 is 11.6 Å². The van der Waals surface area contributed by atoms with Crippen LogP contribution in [0.25, 0.3) is 11.0 Å². The van der Waals surface area contributed by atoms with E-state index in [2.05, 4.69) is 15.6 Å². The molecule has 1 saturated carbocycles. The lowest BCUT2D eigenvalue weighted by molar-refractivity contribution is 0.458. The lowest BCUT2D eigenvalue weighted by Gasteiger charge is -2.13. The predicted octanol–water partition coefficient (Wildman–Crippen LogP) is 3.84. The fraction of sp³-hybridized carbons (Fsp3) is 0.467. The third kappa shape index (κ3) is 2.21. The summed E-state index contributed by atoms with van der Waals surface area (Å²) in [4.78, 5) is 4.55. The minimum atomic E-state index is 0.395. The van der Waals surface area contributed by atoms with Gasteiger partial charge in [-0.05, 0) is 30.9 Å². The van der Waals surface area contributed by atoms with Crippen LogP contribution in [0.2, 0.25) is 0 Å². The van der Waals surface area contributed by atoms with Crippen molar-refractivity contribution in [2.24, 2.45) is 5.92 Å². The normalized spacial score (nSPS) is 16.0. The van der Waals surface area contributed by atoms with Gasteiger partial charge in [0.2, 0.25) is 0 Å². The van der Waals surface area contributed by atoms with Crippen molar-refractivity contribution in [2.75, 3.05) is 0 Å². The number of para-hydroxylation sites is 1. The summed E-state index contributed by atoms with van der Waals surface area (Å²) < 4.78 is 2.21. The monoisotopic (exact) mass is 273 g/mol. The first-order valence-corrected chi connectivity index (χ1v) is 7.31. The molecular weight excluding hydrogens is 258 g/mol. The molecule has 1 aromatic carbocycles. The molecule has 0 saturated heterocycles. The van der Waals surface area contributed by atoms with E-state index < -0.39 is 0 Å². The summed E-state index contributed by atoms with van der Waals surface area (Å²) in [6, 6.07) is 7.98. The Morgan fingerprint density at radius 3 is 2.84 bits per heavy atom. The molecule has 4 heteroatoms. The Kier molecular flexibility index (Phi) is 3.44. The standard InChI is InChI=1S/C15H16ClN3/c16-8-14-18-15-12(9-17)6-3-7-13(15)19(14)10-11-4-1-2-5-11/h3,6-7,11H,1-2,4-5,8,10H2. The molecule has 0 unspecified atom stereocenters. The molecule has 1 aliphatic rings. The van der Waals surface area contributed by atoms with Gasteiger partial charge in [0.1, 0.15) is 17.4 Å². The number of nitriles is 1. The third-order valence-electron chi connectivity index (χ3n) is 4.01. The number of benzene rings is 1. The Labute approximate surface area is 117 Å². The topological polar surface area (TPSA) is 41.6 Å². The SMILES string of the molecule is N#Cc1cccc2c1nc(CCl)n2CC1CCCC1. The second kappa shape index (κ2) is 5.22. The summed E-state index contributed by atoms with van der Waals surface area (Å²) in [6.45, 7) is 0.980. The van der Waals surface area contributed by atoms with E-state index in [0.717, 1.165) is 29.3 Å². The molecule has 0 bridgehead atoms. The summed E-state index contributed by atoms with van der Waals surface area (Å²) in [6.07, 6.45) is 5.24. The molecule has 0 atom stereocenters. The number of halogens is 1. The molecule has 1 fully saturated rings. The minimum Gasteiger partial charge on any atom is -0.327 e. The van der Waals surface area contributed by atoms with Crippen molar-refractivity contribution in [1.82, 2.24) is 9.55 Å². The summed E-state index contributed by atoms with van der Waals surface area (Å²) >= 11 is 6.02. The van der Waals surface area contributed by atoms with Crippen LogP contribution in [-0.2, 0) is 12.4 Å². The van der Waals surface area contributed by atoms with Gasteiger partial charge in [0.05, 0.1) is 17.0 Å². The quantitative estimate of drug-likeness (QED) is 0.798. The molecule has 0 amide bonds. The zero-order chi connectivity index (χ0) is 13.2. The van der Waals surface area contributed by atoms with Crippen molar-refractivity contribution in [3.8, 4) is 6.07 Å². The summed E-state index contributed by atoms with van der Waals surface area (Å²) in [5.74, 6) is 2.00. The number of hydrogen-bond acceptors (Lipinski definition) is 2. The van der Waals surface area contributed by atoms with Crippen LogP contribution < -0.4 is 0 Å². The number of hydrogen-bond donors (Lipinski definition) is 0. The van der Waals surface area contributed by atoms with Crippen LogP contribution in [0.1, 0.15) is 37.1 Å². The number of alkyl halides is 1. The molecule has 0 N–H and O–H groups in total. The van der Waals surface area contributed by atoms with Crippen LogP contribution in [0.3, 0.4) is 0 Å². The molecule has 3 rings (SSSR count). The number of fused-ring (bicyclic) bond motifs is 1. The fourth-order valence-electron chi connectivity index (χ4n) is 3.04. The molecule has 0 aliphatic heterocycles. The molecular formula is C15H16ClN3. The largest absolute Gasteiger partial charge is 0.327 e. The predicted molar refractivity (Wildman–Crippen MR) is 76.0 cm³/mol. The minimum absolute atomic E-state index is 0.395. The van der Waals surface area contributed by atoms with Gasteiger partial charge in [-0.3, -0.25) is 0 Å². The van der Waals surface area contributed by atoms with Crippen LogP contribution in [-0.4, -0.2) is 9.55 Å². The summed E-state index contributed by atoms with van der Waals surface area (Å²) in [5.41, 5.74) is 2.47. The first kappa shape index (κ1) is 12.5. The zero-order valence-electron chi connectivity index (χ0n) is 10.8. The van der Waals surface area contributed by atoms with E-state index in [1.807, 2.05) is 18.2 Å². The molecule has 98 valence electrons. The number of rotatable bonds is 3. The van der Waals surface area contributed by atoms with Gasteiger partial charge in [0.25, 0.3) is 0 Å². The van der Waals surface area contributed by atoms with Crippen molar-refractivity contribution >= 4 is 22.6 Å². The summed E-state index contributed by atoms with van der Waals surface area (Å²) in [7, 11) is 0. The molecule has 19 heavy (non-hydrogen) atoms. The lowest BCUT2D eigenvalue weighted by Crippen LogP contribution is -2.09. The number of aromatic nitrogens is 2. The Balaban J connectivity index is 2.08. The van der Waals surface area contributed by atoms with E-state index in [0.29, 0.717) is 11.4 Å². The van der Waals surface area contributed by atoms with Gasteiger partial charge in [-0.2, -0.15) is 5.26 Å². The summed E-state index contributed by atoms with van der Waals surface area (Å²) in [5, 5.41) is 9.16. The highest BCUT2D eigenvalue weighted by Crippen LogP contribution is 2.29. The fourth-order valence-corrected chi connectivity index (χ4v) is 3.25. The van der Waals surface area contributed by atoms with E-state index in [9.17, 15) is 0 Å². The molecule has 1 aromatic heterocycles. The molecule has 0 radical (unpaired) electrons. The van der Waals surface area contributed by atoms with Gasteiger partial charge in [-0.15, -0.1) is 11.6 Å². The Hall–Kier alpha value is -1.53. The first-order chi connectivity index (χ1) is 9.33. The smallest absolute Gasteiger partial charge is 0.124 e. The van der Waals surface area contributed by atoms with Crippen molar-refractivity contribution < 1.29 is 0 Å². The van der Waals surface area contributed by atoms with Crippen molar-refractivity contribution in [1.29, 1.82) is 5.26 Å². The maximum absolute atomic E-state index is 9.16. The van der Waals surface area contributed by atoms with E-state index in [-0.39, 0.29) is 0 Å². The highest BCUT2D eigenvalue weighted by molar-refractivity contribution is 6.16. The van der Waals surface area contributed by atoms with Crippen LogP contribution in [0, 0.1) is 17.2 Å². The van der Waals surface area contributed by atoms with Crippen molar-refractivity contribution in [3.63, 3.8) is 0 Å². The maximum atomic E-state index is 9.16. The Morgan fingerprint density at radius 2 is 2.16 bits per heavy atom. The average molecular weight is 274 g/mol. The van der Waals surface area contributed by atoms with Gasteiger partial charge in [-0.1, -0.05) is 18.9 Å². The second-order valence-corrected chi connectivity index (χ2v) is 5.48. The maximum Gasteiger partial charge on any atom is 0.124 e. The highest BCUT2D eigenvalue weighted by atomic mass is 35.5. The van der Waals surface area contributed by atoms with Crippen LogP contribution in [0.15, 0.2) is 18.2 Å². The lowest BCUT2D eigenvalue weighted by atomic mass is 10.1. The zero-order valence-corrected chi connectivity index (χ0v) is 11.5. The number of nitrogens with zero attached hydrogens (tertiary/aromatic N) is 3. The van der Waals surface area contributed by atoms with E-state index >= 15 is 0 Å². The van der Waals surface area contributed by atoms with Gasteiger partial charge < -0.3 is 4.57 Å². The molecule has 1 heterocycles. The first-order valence-electron chi connectivity index (χ1n) is 6.77. The van der Waals surface area contributed by atoms with Gasteiger partial charge >= 0.3 is 0 Å². The molecule has 2 aromatic rings. The van der Waals surface area contributed by atoms with Gasteiger partial charge in [0.15, 0.2) is 0 Å². The van der Waals surface area contributed by atoms with Crippen LogP contribution in [0.5, 0.6) is 0 Å². The van der Waals surface area contributed by atoms with Crippen LogP contribution in [0.4, 0.5) is 0 Å². The Morgan fingerprint density at radius 1 is 1.37 bits per heavy atom. The average Bonchev–Trinajstić information content (AvgIpc) is 3.07. The highest BCUT2D eigenvalue weighted by Gasteiger charge is 2.19. The number of imidazole rings is 1. The molecule has 3 nitrogen and oxygen atoms in total. The molecule has 0 spiro atoms. The van der Waals surface area contributed by atoms with Gasteiger partial charge in [-0.25, -0.2) is 4.98 Å².